The molecule has 0 heterocycles. The van der Waals surface area contributed by atoms with Crippen molar-refractivity contribution in [1.29, 1.82) is 0 Å². The van der Waals surface area contributed by atoms with E-state index in [0.29, 0.717) is 5.92 Å². The summed E-state index contributed by atoms with van der Waals surface area (Å²) >= 11 is 0. The molecule has 1 aliphatic rings. The van der Waals surface area contributed by atoms with Gasteiger partial charge in [-0.2, -0.15) is 0 Å². The first kappa shape index (κ1) is 10.0. The molecule has 72 valence electrons. The SMILES string of the molecule is C=C[C@@H]1[C@@H](C=C(C)C)[C@H]1C(=O)OC. The highest BCUT2D eigenvalue weighted by molar-refractivity contribution is 5.77. The van der Waals surface area contributed by atoms with E-state index in [9.17, 15) is 4.79 Å². The largest absolute Gasteiger partial charge is 0.469 e. The first-order valence-corrected chi connectivity index (χ1v) is 4.47. The van der Waals surface area contributed by atoms with Crippen molar-refractivity contribution < 1.29 is 9.53 Å². The number of esters is 1. The van der Waals surface area contributed by atoms with Gasteiger partial charge in [-0.1, -0.05) is 17.7 Å². The van der Waals surface area contributed by atoms with E-state index in [0.717, 1.165) is 0 Å². The Kier molecular flexibility index (Phi) is 2.91. The van der Waals surface area contributed by atoms with Crippen molar-refractivity contribution in [2.75, 3.05) is 7.11 Å². The van der Waals surface area contributed by atoms with Crippen LogP contribution in [0.1, 0.15) is 13.8 Å². The van der Waals surface area contributed by atoms with E-state index in [1.165, 1.54) is 12.7 Å². The van der Waals surface area contributed by atoms with Crippen molar-refractivity contribution in [3.05, 3.63) is 24.3 Å². The van der Waals surface area contributed by atoms with E-state index in [1.54, 1.807) is 0 Å². The van der Waals surface area contributed by atoms with Gasteiger partial charge in [0.15, 0.2) is 0 Å². The third-order valence-electron chi connectivity index (χ3n) is 2.40. The molecule has 0 aliphatic heterocycles. The van der Waals surface area contributed by atoms with Crippen molar-refractivity contribution in [1.82, 2.24) is 0 Å². The summed E-state index contributed by atoms with van der Waals surface area (Å²) in [4.78, 5) is 11.2. The maximum atomic E-state index is 11.2. The fourth-order valence-corrected chi connectivity index (χ4v) is 1.71. The smallest absolute Gasteiger partial charge is 0.309 e. The van der Waals surface area contributed by atoms with Crippen molar-refractivity contribution in [3.63, 3.8) is 0 Å². The van der Waals surface area contributed by atoms with E-state index in [-0.39, 0.29) is 17.8 Å². The molecule has 0 unspecified atom stereocenters. The van der Waals surface area contributed by atoms with Crippen LogP contribution in [0, 0.1) is 17.8 Å². The first-order valence-electron chi connectivity index (χ1n) is 4.47. The molecule has 1 fully saturated rings. The van der Waals surface area contributed by atoms with Gasteiger partial charge in [-0.3, -0.25) is 4.79 Å². The van der Waals surface area contributed by atoms with Gasteiger partial charge in [0, 0.05) is 0 Å². The molecule has 3 atom stereocenters. The number of carbonyl (C=O) groups is 1. The van der Waals surface area contributed by atoms with Crippen LogP contribution in [0.15, 0.2) is 24.3 Å². The summed E-state index contributed by atoms with van der Waals surface area (Å²) in [5.74, 6) is 0.488. The highest BCUT2D eigenvalue weighted by Crippen LogP contribution is 2.49. The Balaban J connectivity index is 2.65. The zero-order valence-corrected chi connectivity index (χ0v) is 8.41. The van der Waals surface area contributed by atoms with Gasteiger partial charge < -0.3 is 4.74 Å². The summed E-state index contributed by atoms with van der Waals surface area (Å²) in [7, 11) is 1.43. The molecule has 2 nitrogen and oxygen atoms in total. The summed E-state index contributed by atoms with van der Waals surface area (Å²) in [5.41, 5.74) is 1.24. The van der Waals surface area contributed by atoms with E-state index in [1.807, 2.05) is 19.9 Å². The molecule has 1 rings (SSSR count). The second-order valence-corrected chi connectivity index (χ2v) is 3.68. The van der Waals surface area contributed by atoms with Gasteiger partial charge >= 0.3 is 5.97 Å². The average molecular weight is 180 g/mol. The number of allylic oxidation sites excluding steroid dienone is 3. The average Bonchev–Trinajstić information content (AvgIpc) is 2.75. The molecular weight excluding hydrogens is 164 g/mol. The van der Waals surface area contributed by atoms with Crippen LogP contribution in [0.25, 0.3) is 0 Å². The lowest BCUT2D eigenvalue weighted by molar-refractivity contribution is -0.142. The molecule has 0 saturated heterocycles. The molecule has 0 aromatic rings. The van der Waals surface area contributed by atoms with E-state index in [4.69, 9.17) is 4.74 Å². The van der Waals surface area contributed by atoms with Gasteiger partial charge in [0.05, 0.1) is 13.0 Å². The normalized spacial score (nSPS) is 30.5. The van der Waals surface area contributed by atoms with Crippen molar-refractivity contribution >= 4 is 5.97 Å². The maximum Gasteiger partial charge on any atom is 0.309 e. The summed E-state index contributed by atoms with van der Waals surface area (Å²) in [6, 6.07) is 0. The number of hydrogen-bond acceptors (Lipinski definition) is 2. The lowest BCUT2D eigenvalue weighted by atomic mass is 10.2. The van der Waals surface area contributed by atoms with Crippen LogP contribution in [0.5, 0.6) is 0 Å². The van der Waals surface area contributed by atoms with E-state index >= 15 is 0 Å². The molecular formula is C11H16O2. The molecule has 2 heteroatoms. The second kappa shape index (κ2) is 3.77. The molecule has 1 aliphatic carbocycles. The topological polar surface area (TPSA) is 26.3 Å². The maximum absolute atomic E-state index is 11.2. The van der Waals surface area contributed by atoms with Crippen molar-refractivity contribution in [2.45, 2.75) is 13.8 Å². The van der Waals surface area contributed by atoms with Gasteiger partial charge in [-0.15, -0.1) is 6.58 Å². The zero-order valence-electron chi connectivity index (χ0n) is 8.41. The number of hydrogen-bond donors (Lipinski definition) is 0. The lowest BCUT2D eigenvalue weighted by Crippen LogP contribution is -2.04. The molecule has 0 radical (unpaired) electrons. The Labute approximate surface area is 79.3 Å². The van der Waals surface area contributed by atoms with Crippen LogP contribution in [0.4, 0.5) is 0 Å². The molecule has 0 aromatic heterocycles. The number of carbonyl (C=O) groups excluding carboxylic acids is 1. The highest BCUT2D eigenvalue weighted by atomic mass is 16.5. The minimum absolute atomic E-state index is 0.0115. The van der Waals surface area contributed by atoms with Crippen LogP contribution < -0.4 is 0 Å². The van der Waals surface area contributed by atoms with Crippen molar-refractivity contribution in [2.24, 2.45) is 17.8 Å². The molecule has 0 aromatic carbocycles. The predicted octanol–water partition coefficient (Wildman–Crippen LogP) is 2.17. The highest BCUT2D eigenvalue weighted by Gasteiger charge is 2.52. The Morgan fingerprint density at radius 1 is 1.38 bits per heavy atom. The zero-order chi connectivity index (χ0) is 10.0. The first-order chi connectivity index (χ1) is 6.11. The van der Waals surface area contributed by atoms with E-state index in [2.05, 4.69) is 12.7 Å². The number of ether oxygens (including phenoxy) is 1. The van der Waals surface area contributed by atoms with Gasteiger partial charge in [0.2, 0.25) is 0 Å². The molecule has 0 bridgehead atoms. The fourth-order valence-electron chi connectivity index (χ4n) is 1.71. The van der Waals surface area contributed by atoms with Crippen molar-refractivity contribution in [3.8, 4) is 0 Å². The molecule has 0 N–H and O–H groups in total. The monoisotopic (exact) mass is 180 g/mol. The summed E-state index contributed by atoms with van der Waals surface area (Å²) in [6.07, 6.45) is 3.96. The summed E-state index contributed by atoms with van der Waals surface area (Å²) in [6.45, 7) is 7.78. The number of rotatable bonds is 3. The summed E-state index contributed by atoms with van der Waals surface area (Å²) < 4.78 is 4.70. The van der Waals surface area contributed by atoms with Gasteiger partial charge in [0.25, 0.3) is 0 Å². The van der Waals surface area contributed by atoms with Crippen LogP contribution in [-0.4, -0.2) is 13.1 Å². The third-order valence-corrected chi connectivity index (χ3v) is 2.40. The molecule has 1 saturated carbocycles. The van der Waals surface area contributed by atoms with Gasteiger partial charge in [-0.05, 0) is 25.7 Å². The van der Waals surface area contributed by atoms with Gasteiger partial charge in [-0.25, -0.2) is 0 Å². The van der Waals surface area contributed by atoms with Gasteiger partial charge in [0.1, 0.15) is 0 Å². The van der Waals surface area contributed by atoms with Crippen LogP contribution >= 0.6 is 0 Å². The molecule has 0 spiro atoms. The Hall–Kier alpha value is -1.05. The Bertz CT molecular complexity index is 249. The summed E-state index contributed by atoms with van der Waals surface area (Å²) in [5, 5.41) is 0. The lowest BCUT2D eigenvalue weighted by Gasteiger charge is -1.94. The third kappa shape index (κ3) is 2.00. The minimum Gasteiger partial charge on any atom is -0.469 e. The Morgan fingerprint density at radius 3 is 2.38 bits per heavy atom. The number of methoxy groups -OCH3 is 1. The minimum atomic E-state index is -0.118. The molecule has 0 amide bonds. The predicted molar refractivity (Wildman–Crippen MR) is 52.1 cm³/mol. The van der Waals surface area contributed by atoms with Crippen LogP contribution in [0.2, 0.25) is 0 Å². The standard InChI is InChI=1S/C11H16O2/c1-5-8-9(6-7(2)3)10(8)11(12)13-4/h5-6,8-10H,1H2,2-4H3/t8-,9-,10+/m1/s1. The van der Waals surface area contributed by atoms with Crippen LogP contribution in [0.3, 0.4) is 0 Å². The van der Waals surface area contributed by atoms with Crippen LogP contribution in [-0.2, 0) is 9.53 Å². The second-order valence-electron chi connectivity index (χ2n) is 3.68. The quantitative estimate of drug-likeness (QED) is 0.491. The molecule has 13 heavy (non-hydrogen) atoms. The van der Waals surface area contributed by atoms with E-state index < -0.39 is 0 Å². The fraction of sp³-hybridized carbons (Fsp3) is 0.545. The Morgan fingerprint density at radius 2 is 2.00 bits per heavy atom.